The lowest BCUT2D eigenvalue weighted by Crippen LogP contribution is -1.98. The van der Waals surface area contributed by atoms with Crippen molar-refractivity contribution in [3.8, 4) is 11.5 Å². The summed E-state index contributed by atoms with van der Waals surface area (Å²) in [5.74, 6) is 1.90. The molecule has 0 aliphatic carbocycles. The highest BCUT2D eigenvalue weighted by Gasteiger charge is 2.05. The average Bonchev–Trinajstić information content (AvgIpc) is 2.67. The number of benzene rings is 2. The molecule has 0 aliphatic heterocycles. The van der Waals surface area contributed by atoms with Crippen molar-refractivity contribution in [1.82, 2.24) is 4.98 Å². The topological polar surface area (TPSA) is 55.7 Å². The zero-order valence-electron chi connectivity index (χ0n) is 14.2. The standard InChI is InChI=1S/C20H18ClN3O2/c1-25-18-12-16(13-22-24-20-9-5-8-19(21)23-20)10-11-17(18)26-14-15-6-3-2-4-7-15/h2-13H,14H2,1H3,(H,23,24). The molecule has 3 aromatic rings. The number of methoxy groups -OCH3 is 1. The molecule has 0 spiro atoms. The second-order valence-electron chi connectivity index (χ2n) is 5.40. The Labute approximate surface area is 157 Å². The number of hydrazone groups is 1. The van der Waals surface area contributed by atoms with Crippen molar-refractivity contribution in [1.29, 1.82) is 0 Å². The molecule has 2 aromatic carbocycles. The Morgan fingerprint density at radius 3 is 2.65 bits per heavy atom. The van der Waals surface area contributed by atoms with Crippen molar-refractivity contribution in [2.24, 2.45) is 5.10 Å². The molecular formula is C20H18ClN3O2. The van der Waals surface area contributed by atoms with E-state index in [4.69, 9.17) is 21.1 Å². The molecule has 0 aliphatic rings. The molecule has 0 saturated carbocycles. The monoisotopic (exact) mass is 367 g/mol. The van der Waals surface area contributed by atoms with E-state index < -0.39 is 0 Å². The summed E-state index contributed by atoms with van der Waals surface area (Å²) in [6.07, 6.45) is 1.67. The van der Waals surface area contributed by atoms with Crippen molar-refractivity contribution in [2.45, 2.75) is 6.61 Å². The van der Waals surface area contributed by atoms with Crippen molar-refractivity contribution >= 4 is 23.6 Å². The average molecular weight is 368 g/mol. The molecule has 3 rings (SSSR count). The van der Waals surface area contributed by atoms with Gasteiger partial charge in [0.15, 0.2) is 11.5 Å². The van der Waals surface area contributed by atoms with Gasteiger partial charge in [0.2, 0.25) is 0 Å². The molecule has 26 heavy (non-hydrogen) atoms. The molecule has 0 fully saturated rings. The van der Waals surface area contributed by atoms with E-state index in [2.05, 4.69) is 15.5 Å². The molecule has 0 saturated heterocycles. The molecule has 0 radical (unpaired) electrons. The van der Waals surface area contributed by atoms with Gasteiger partial charge in [-0.05, 0) is 41.5 Å². The maximum atomic E-state index is 5.85. The summed E-state index contributed by atoms with van der Waals surface area (Å²) in [6, 6.07) is 20.9. The number of hydrogen-bond acceptors (Lipinski definition) is 5. The van der Waals surface area contributed by atoms with E-state index in [9.17, 15) is 0 Å². The summed E-state index contributed by atoms with van der Waals surface area (Å²) in [6.45, 7) is 0.479. The lowest BCUT2D eigenvalue weighted by Gasteiger charge is -2.11. The van der Waals surface area contributed by atoms with E-state index in [0.29, 0.717) is 29.1 Å². The zero-order chi connectivity index (χ0) is 18.2. The highest BCUT2D eigenvalue weighted by molar-refractivity contribution is 6.29. The second-order valence-corrected chi connectivity index (χ2v) is 5.79. The molecule has 1 heterocycles. The number of anilines is 1. The van der Waals surface area contributed by atoms with Crippen LogP contribution in [0.5, 0.6) is 11.5 Å². The Morgan fingerprint density at radius 1 is 1.04 bits per heavy atom. The quantitative estimate of drug-likeness (QED) is 0.371. The Kier molecular flexibility index (Phi) is 6.06. The third-order valence-electron chi connectivity index (χ3n) is 3.53. The third kappa shape index (κ3) is 4.97. The smallest absolute Gasteiger partial charge is 0.161 e. The van der Waals surface area contributed by atoms with Crippen LogP contribution < -0.4 is 14.9 Å². The number of pyridine rings is 1. The predicted octanol–water partition coefficient (Wildman–Crippen LogP) is 4.77. The first-order valence-corrected chi connectivity index (χ1v) is 8.39. The first-order chi connectivity index (χ1) is 12.7. The van der Waals surface area contributed by atoms with Gasteiger partial charge in [0.05, 0.1) is 13.3 Å². The van der Waals surface area contributed by atoms with Crippen molar-refractivity contribution in [2.75, 3.05) is 12.5 Å². The fraction of sp³-hybridized carbons (Fsp3) is 0.100. The normalized spacial score (nSPS) is 10.7. The Bertz CT molecular complexity index is 885. The van der Waals surface area contributed by atoms with Crippen LogP contribution in [0.25, 0.3) is 0 Å². The summed E-state index contributed by atoms with van der Waals surface area (Å²) in [4.78, 5) is 4.10. The maximum absolute atomic E-state index is 5.85. The van der Waals surface area contributed by atoms with Crippen LogP contribution in [0.15, 0.2) is 71.8 Å². The van der Waals surface area contributed by atoms with Gasteiger partial charge in [-0.2, -0.15) is 5.10 Å². The van der Waals surface area contributed by atoms with E-state index >= 15 is 0 Å². The minimum absolute atomic E-state index is 0.409. The van der Waals surface area contributed by atoms with Crippen LogP contribution in [-0.4, -0.2) is 18.3 Å². The highest BCUT2D eigenvalue weighted by Crippen LogP contribution is 2.28. The minimum atomic E-state index is 0.409. The first-order valence-electron chi connectivity index (χ1n) is 8.01. The van der Waals surface area contributed by atoms with Crippen LogP contribution in [0, 0.1) is 0 Å². The van der Waals surface area contributed by atoms with Gasteiger partial charge in [0, 0.05) is 0 Å². The Hall–Kier alpha value is -3.05. The summed E-state index contributed by atoms with van der Waals surface area (Å²) in [5.41, 5.74) is 4.79. The van der Waals surface area contributed by atoms with E-state index in [1.165, 1.54) is 0 Å². The van der Waals surface area contributed by atoms with Crippen molar-refractivity contribution < 1.29 is 9.47 Å². The molecule has 132 valence electrons. The maximum Gasteiger partial charge on any atom is 0.161 e. The van der Waals surface area contributed by atoms with Crippen LogP contribution >= 0.6 is 11.6 Å². The molecule has 6 heteroatoms. The molecular weight excluding hydrogens is 350 g/mol. The molecule has 0 bridgehead atoms. The van der Waals surface area contributed by atoms with Gasteiger partial charge in [-0.25, -0.2) is 4.98 Å². The fourth-order valence-corrected chi connectivity index (χ4v) is 2.43. The minimum Gasteiger partial charge on any atom is -0.493 e. The van der Waals surface area contributed by atoms with Crippen molar-refractivity contribution in [3.63, 3.8) is 0 Å². The highest BCUT2D eigenvalue weighted by atomic mass is 35.5. The molecule has 0 amide bonds. The van der Waals surface area contributed by atoms with Crippen molar-refractivity contribution in [3.05, 3.63) is 83.0 Å². The summed E-state index contributed by atoms with van der Waals surface area (Å²) < 4.78 is 11.3. The predicted molar refractivity (Wildman–Crippen MR) is 104 cm³/mol. The van der Waals surface area contributed by atoms with Crippen LogP contribution in [0.4, 0.5) is 5.82 Å². The van der Waals surface area contributed by atoms with Gasteiger partial charge in [0.25, 0.3) is 0 Å². The van der Waals surface area contributed by atoms with Gasteiger partial charge in [-0.15, -0.1) is 0 Å². The molecule has 1 N–H and O–H groups in total. The Balaban J connectivity index is 1.65. The van der Waals surface area contributed by atoms with Crippen LogP contribution in [-0.2, 0) is 6.61 Å². The molecule has 0 atom stereocenters. The lowest BCUT2D eigenvalue weighted by atomic mass is 10.2. The number of nitrogens with zero attached hydrogens (tertiary/aromatic N) is 2. The molecule has 1 aromatic heterocycles. The SMILES string of the molecule is COc1cc(C=NNc2cccc(Cl)n2)ccc1OCc1ccccc1. The largest absolute Gasteiger partial charge is 0.493 e. The molecule has 0 unspecified atom stereocenters. The number of ether oxygens (including phenoxy) is 2. The van der Waals surface area contributed by atoms with Gasteiger partial charge >= 0.3 is 0 Å². The summed E-state index contributed by atoms with van der Waals surface area (Å²) in [5, 5.41) is 4.57. The van der Waals surface area contributed by atoms with Crippen LogP contribution in [0.3, 0.4) is 0 Å². The van der Waals surface area contributed by atoms with Gasteiger partial charge in [-0.1, -0.05) is 48.0 Å². The zero-order valence-corrected chi connectivity index (χ0v) is 15.0. The second kappa shape index (κ2) is 8.87. The number of rotatable bonds is 7. The van der Waals surface area contributed by atoms with Gasteiger partial charge < -0.3 is 9.47 Å². The van der Waals surface area contributed by atoms with Gasteiger partial charge in [0.1, 0.15) is 17.6 Å². The van der Waals surface area contributed by atoms with E-state index in [1.807, 2.05) is 48.5 Å². The van der Waals surface area contributed by atoms with Gasteiger partial charge in [-0.3, -0.25) is 5.43 Å². The third-order valence-corrected chi connectivity index (χ3v) is 3.74. The lowest BCUT2D eigenvalue weighted by molar-refractivity contribution is 0.284. The van der Waals surface area contributed by atoms with E-state index in [0.717, 1.165) is 11.1 Å². The van der Waals surface area contributed by atoms with E-state index in [-0.39, 0.29) is 0 Å². The van der Waals surface area contributed by atoms with Crippen LogP contribution in [0.1, 0.15) is 11.1 Å². The fourth-order valence-electron chi connectivity index (χ4n) is 2.26. The summed E-state index contributed by atoms with van der Waals surface area (Å²) in [7, 11) is 1.61. The number of nitrogens with one attached hydrogen (secondary N) is 1. The van der Waals surface area contributed by atoms with Crippen LogP contribution in [0.2, 0.25) is 5.15 Å². The summed E-state index contributed by atoms with van der Waals surface area (Å²) >= 11 is 5.84. The number of hydrogen-bond donors (Lipinski definition) is 1. The van der Waals surface area contributed by atoms with E-state index in [1.54, 1.807) is 31.5 Å². The first kappa shape index (κ1) is 17.8. The molecule has 5 nitrogen and oxygen atoms in total. The number of aromatic nitrogens is 1. The number of halogens is 1. The Morgan fingerprint density at radius 2 is 1.88 bits per heavy atom.